The molecule has 144 valence electrons. The van der Waals surface area contributed by atoms with Crippen LogP contribution in [0.1, 0.15) is 29.7 Å². The van der Waals surface area contributed by atoms with E-state index in [9.17, 15) is 9.18 Å². The molecular weight excluding hydrogens is 347 g/mol. The molecule has 4 N–H and O–H groups in total. The van der Waals surface area contributed by atoms with Crippen molar-refractivity contribution in [2.75, 3.05) is 13.7 Å². The van der Waals surface area contributed by atoms with E-state index in [4.69, 9.17) is 10.5 Å². The fourth-order valence-corrected chi connectivity index (χ4v) is 2.45. The van der Waals surface area contributed by atoms with Gasteiger partial charge in [-0.25, -0.2) is 4.39 Å². The third-order valence-electron chi connectivity index (χ3n) is 4.01. The number of rotatable bonds is 7. The minimum absolute atomic E-state index is 0.114. The number of nitrogens with two attached hydrogens (primary N) is 1. The van der Waals surface area contributed by atoms with Gasteiger partial charge in [0.15, 0.2) is 12.6 Å². The molecule has 7 heteroatoms. The van der Waals surface area contributed by atoms with Crippen LogP contribution < -0.4 is 21.1 Å². The van der Waals surface area contributed by atoms with Crippen LogP contribution in [0.3, 0.4) is 0 Å². The molecule has 0 fully saturated rings. The van der Waals surface area contributed by atoms with Crippen molar-refractivity contribution in [3.63, 3.8) is 0 Å². The van der Waals surface area contributed by atoms with E-state index in [0.717, 1.165) is 11.1 Å². The van der Waals surface area contributed by atoms with Crippen LogP contribution in [0.5, 0.6) is 5.75 Å². The molecule has 27 heavy (non-hydrogen) atoms. The van der Waals surface area contributed by atoms with Crippen molar-refractivity contribution in [3.05, 3.63) is 65.0 Å². The highest BCUT2D eigenvalue weighted by Gasteiger charge is 2.10. The Hall–Kier alpha value is -3.09. The Kier molecular flexibility index (Phi) is 7.16. The Morgan fingerprint density at radius 2 is 2.07 bits per heavy atom. The lowest BCUT2D eigenvalue weighted by Crippen LogP contribution is -2.38. The number of ether oxygens (including phenoxy) is 1. The van der Waals surface area contributed by atoms with Gasteiger partial charge < -0.3 is 21.1 Å². The van der Waals surface area contributed by atoms with Gasteiger partial charge in [-0.2, -0.15) is 0 Å². The number of amides is 1. The molecular formula is C20H25FN4O2. The van der Waals surface area contributed by atoms with Gasteiger partial charge in [-0.1, -0.05) is 24.3 Å². The van der Waals surface area contributed by atoms with E-state index in [1.807, 2.05) is 31.2 Å². The van der Waals surface area contributed by atoms with E-state index < -0.39 is 5.91 Å². The summed E-state index contributed by atoms with van der Waals surface area (Å²) in [6, 6.07) is 12.4. The predicted octanol–water partition coefficient (Wildman–Crippen LogP) is 2.42. The number of nitrogens with one attached hydrogen (secondary N) is 2. The highest BCUT2D eigenvalue weighted by atomic mass is 19.1. The first-order valence-corrected chi connectivity index (χ1v) is 8.62. The van der Waals surface area contributed by atoms with Crippen LogP contribution in [-0.2, 0) is 11.3 Å². The highest BCUT2D eigenvalue weighted by Crippen LogP contribution is 2.16. The van der Waals surface area contributed by atoms with Gasteiger partial charge in [0.25, 0.3) is 5.91 Å². The monoisotopic (exact) mass is 372 g/mol. The third kappa shape index (κ3) is 6.29. The van der Waals surface area contributed by atoms with Crippen LogP contribution in [0.4, 0.5) is 4.39 Å². The highest BCUT2D eigenvalue weighted by molar-refractivity contribution is 5.80. The van der Waals surface area contributed by atoms with E-state index in [1.54, 1.807) is 26.1 Å². The van der Waals surface area contributed by atoms with E-state index >= 15 is 0 Å². The molecule has 0 heterocycles. The molecule has 0 aromatic heterocycles. The lowest BCUT2D eigenvalue weighted by molar-refractivity contribution is -0.119. The van der Waals surface area contributed by atoms with Crippen LogP contribution >= 0.6 is 0 Å². The number of guanidine groups is 1. The second kappa shape index (κ2) is 9.56. The summed E-state index contributed by atoms with van der Waals surface area (Å²) >= 11 is 0. The first-order valence-electron chi connectivity index (χ1n) is 8.62. The Labute approximate surface area is 158 Å². The van der Waals surface area contributed by atoms with E-state index in [2.05, 4.69) is 15.6 Å². The number of primary amides is 1. The zero-order valence-electron chi connectivity index (χ0n) is 15.8. The normalized spacial score (nSPS) is 12.4. The van der Waals surface area contributed by atoms with Gasteiger partial charge in [-0.05, 0) is 48.7 Å². The number of hydrogen-bond acceptors (Lipinski definition) is 3. The molecule has 0 aliphatic rings. The second-order valence-electron chi connectivity index (χ2n) is 6.20. The smallest absolute Gasteiger partial charge is 0.255 e. The topological polar surface area (TPSA) is 88.7 Å². The molecule has 0 saturated carbocycles. The predicted molar refractivity (Wildman–Crippen MR) is 104 cm³/mol. The van der Waals surface area contributed by atoms with Crippen LogP contribution in [0, 0.1) is 12.7 Å². The van der Waals surface area contributed by atoms with Crippen molar-refractivity contribution >= 4 is 11.9 Å². The molecule has 0 saturated heterocycles. The SMILES string of the molecule is CN=C(NCc1cccc(OCC(N)=O)c1)NC(C)c1ccc(C)c(F)c1. The average Bonchev–Trinajstić information content (AvgIpc) is 2.65. The fourth-order valence-electron chi connectivity index (χ4n) is 2.45. The summed E-state index contributed by atoms with van der Waals surface area (Å²) in [5, 5.41) is 6.44. The molecule has 2 aromatic rings. The first kappa shape index (κ1) is 20.2. The van der Waals surface area contributed by atoms with Crippen LogP contribution in [0.15, 0.2) is 47.5 Å². The quantitative estimate of drug-likeness (QED) is 0.514. The van der Waals surface area contributed by atoms with Gasteiger partial charge in [0.05, 0.1) is 6.04 Å². The molecule has 2 aromatic carbocycles. The zero-order valence-corrected chi connectivity index (χ0v) is 15.8. The maximum Gasteiger partial charge on any atom is 0.255 e. The number of carbonyl (C=O) groups excluding carboxylic acids is 1. The molecule has 1 amide bonds. The number of aryl methyl sites for hydroxylation is 1. The Morgan fingerprint density at radius 1 is 1.30 bits per heavy atom. The molecule has 6 nitrogen and oxygen atoms in total. The molecule has 0 aliphatic carbocycles. The van der Waals surface area contributed by atoms with Crippen molar-refractivity contribution in [3.8, 4) is 5.75 Å². The number of nitrogens with zero attached hydrogens (tertiary/aromatic N) is 1. The summed E-state index contributed by atoms with van der Waals surface area (Å²) in [6.07, 6.45) is 0. The lowest BCUT2D eigenvalue weighted by atomic mass is 10.1. The van der Waals surface area contributed by atoms with Gasteiger partial charge in [-0.3, -0.25) is 9.79 Å². The zero-order chi connectivity index (χ0) is 19.8. The van der Waals surface area contributed by atoms with Gasteiger partial charge in [0.1, 0.15) is 11.6 Å². The molecule has 0 bridgehead atoms. The van der Waals surface area contributed by atoms with Crippen molar-refractivity contribution in [2.45, 2.75) is 26.4 Å². The summed E-state index contributed by atoms with van der Waals surface area (Å²) in [5.74, 6) is 0.410. The van der Waals surface area contributed by atoms with Gasteiger partial charge in [0, 0.05) is 13.6 Å². The molecule has 0 radical (unpaired) electrons. The molecule has 0 spiro atoms. The summed E-state index contributed by atoms with van der Waals surface area (Å²) in [4.78, 5) is 15.0. The minimum atomic E-state index is -0.523. The number of halogens is 1. The van der Waals surface area contributed by atoms with Crippen molar-refractivity contribution < 1.29 is 13.9 Å². The Morgan fingerprint density at radius 3 is 2.74 bits per heavy atom. The maximum atomic E-state index is 13.8. The lowest BCUT2D eigenvalue weighted by Gasteiger charge is -2.19. The Bertz CT molecular complexity index is 823. The van der Waals surface area contributed by atoms with Gasteiger partial charge in [-0.15, -0.1) is 0 Å². The van der Waals surface area contributed by atoms with Crippen LogP contribution in [0.25, 0.3) is 0 Å². The molecule has 0 aliphatic heterocycles. The van der Waals surface area contributed by atoms with Crippen molar-refractivity contribution in [2.24, 2.45) is 10.7 Å². The molecule has 1 atom stereocenters. The number of carbonyl (C=O) groups is 1. The first-order chi connectivity index (χ1) is 12.9. The summed E-state index contributed by atoms with van der Waals surface area (Å²) < 4.78 is 19.1. The van der Waals surface area contributed by atoms with Crippen LogP contribution in [0.2, 0.25) is 0 Å². The van der Waals surface area contributed by atoms with E-state index in [-0.39, 0.29) is 18.5 Å². The van der Waals surface area contributed by atoms with Crippen molar-refractivity contribution in [1.29, 1.82) is 0 Å². The summed E-state index contributed by atoms with van der Waals surface area (Å²) in [6.45, 7) is 4.02. The van der Waals surface area contributed by atoms with Gasteiger partial charge in [0.2, 0.25) is 0 Å². The van der Waals surface area contributed by atoms with Crippen molar-refractivity contribution in [1.82, 2.24) is 10.6 Å². The average molecular weight is 372 g/mol. The van der Waals surface area contributed by atoms with E-state index in [1.165, 1.54) is 6.07 Å². The number of benzene rings is 2. The summed E-state index contributed by atoms with van der Waals surface area (Å²) in [5.41, 5.74) is 7.49. The fraction of sp³-hybridized carbons (Fsp3) is 0.300. The number of hydrogen-bond donors (Lipinski definition) is 3. The third-order valence-corrected chi connectivity index (χ3v) is 4.01. The Balaban J connectivity index is 1.94. The number of aliphatic imine (C=N–C) groups is 1. The molecule has 1 unspecified atom stereocenters. The molecule has 2 rings (SSSR count). The maximum absolute atomic E-state index is 13.8. The standard InChI is InChI=1S/C20H25FN4O2/c1-13-7-8-16(10-18(13)21)14(2)25-20(23-3)24-11-15-5-4-6-17(9-15)27-12-19(22)26/h4-10,14H,11-12H2,1-3H3,(H2,22,26)(H2,23,24,25). The van der Waals surface area contributed by atoms with Gasteiger partial charge >= 0.3 is 0 Å². The van der Waals surface area contributed by atoms with Crippen LogP contribution in [-0.4, -0.2) is 25.5 Å². The van der Waals surface area contributed by atoms with E-state index in [0.29, 0.717) is 23.8 Å². The second-order valence-corrected chi connectivity index (χ2v) is 6.20. The minimum Gasteiger partial charge on any atom is -0.484 e. The largest absolute Gasteiger partial charge is 0.484 e. The summed E-state index contributed by atoms with van der Waals surface area (Å²) in [7, 11) is 1.67.